The Balaban J connectivity index is 1.13. The number of amides is 1. The monoisotopic (exact) mass is 486 g/mol. The highest BCUT2D eigenvalue weighted by molar-refractivity contribution is 5.94. The number of nitrogens with zero attached hydrogens (tertiary/aromatic N) is 2. The smallest absolute Gasteiger partial charge is 0.253 e. The molecule has 2 heterocycles. The van der Waals surface area contributed by atoms with E-state index in [0.717, 1.165) is 42.4 Å². The van der Waals surface area contributed by atoms with Gasteiger partial charge in [0.05, 0.1) is 0 Å². The fraction of sp³-hybridized carbons (Fsp3) is 0.367. The molecule has 0 radical (unpaired) electrons. The summed E-state index contributed by atoms with van der Waals surface area (Å²) < 4.78 is 16.9. The van der Waals surface area contributed by atoms with Gasteiger partial charge in [-0.2, -0.15) is 0 Å². The van der Waals surface area contributed by atoms with E-state index in [1.165, 1.54) is 11.1 Å². The molecule has 0 unspecified atom stereocenters. The van der Waals surface area contributed by atoms with Gasteiger partial charge in [0.15, 0.2) is 11.5 Å². The molecule has 5 rings (SSSR count). The van der Waals surface area contributed by atoms with Crippen LogP contribution in [0.1, 0.15) is 47.8 Å². The van der Waals surface area contributed by atoms with Crippen molar-refractivity contribution in [3.63, 3.8) is 0 Å². The maximum absolute atomic E-state index is 13.2. The number of benzene rings is 3. The average Bonchev–Trinajstić information content (AvgIpc) is 3.35. The summed E-state index contributed by atoms with van der Waals surface area (Å²) in [7, 11) is 0. The van der Waals surface area contributed by atoms with Gasteiger partial charge >= 0.3 is 0 Å². The van der Waals surface area contributed by atoms with Crippen LogP contribution in [-0.4, -0.2) is 48.7 Å². The largest absolute Gasteiger partial charge is 0.489 e. The maximum atomic E-state index is 13.2. The summed E-state index contributed by atoms with van der Waals surface area (Å²) in [6.07, 6.45) is 0. The van der Waals surface area contributed by atoms with Gasteiger partial charge in [-0.1, -0.05) is 51.1 Å². The minimum Gasteiger partial charge on any atom is -0.489 e. The van der Waals surface area contributed by atoms with Crippen molar-refractivity contribution < 1.29 is 19.0 Å². The fourth-order valence-electron chi connectivity index (χ4n) is 4.60. The van der Waals surface area contributed by atoms with Gasteiger partial charge in [-0.05, 0) is 58.5 Å². The van der Waals surface area contributed by atoms with Crippen LogP contribution in [0.5, 0.6) is 17.2 Å². The van der Waals surface area contributed by atoms with Gasteiger partial charge in [-0.15, -0.1) is 0 Å². The van der Waals surface area contributed by atoms with E-state index in [4.69, 9.17) is 14.2 Å². The van der Waals surface area contributed by atoms with Crippen LogP contribution >= 0.6 is 0 Å². The highest BCUT2D eigenvalue weighted by Crippen LogP contribution is 2.33. The summed E-state index contributed by atoms with van der Waals surface area (Å²) in [5, 5.41) is 0. The number of hydrogen-bond acceptors (Lipinski definition) is 5. The van der Waals surface area contributed by atoms with Gasteiger partial charge in [0, 0.05) is 38.3 Å². The summed E-state index contributed by atoms with van der Waals surface area (Å²) in [5.41, 5.74) is 4.29. The number of ether oxygens (including phenoxy) is 3. The van der Waals surface area contributed by atoms with Crippen molar-refractivity contribution >= 4 is 5.91 Å². The zero-order valence-electron chi connectivity index (χ0n) is 21.3. The van der Waals surface area contributed by atoms with Crippen molar-refractivity contribution in [1.82, 2.24) is 9.80 Å². The SMILES string of the molecule is CC(C)(C)c1ccc(OCc2cccc(C(=O)N3CCN(Cc4ccc5c(c4)OCO5)CC3)c2)cc1. The first-order valence-corrected chi connectivity index (χ1v) is 12.6. The molecule has 1 amide bonds. The van der Waals surface area contributed by atoms with E-state index in [1.54, 1.807) is 0 Å². The Morgan fingerprint density at radius 1 is 0.861 bits per heavy atom. The number of piperazine rings is 1. The van der Waals surface area contributed by atoms with Crippen LogP contribution in [0.15, 0.2) is 66.7 Å². The number of fused-ring (bicyclic) bond motifs is 1. The number of rotatable bonds is 6. The molecule has 0 saturated carbocycles. The van der Waals surface area contributed by atoms with Crippen LogP contribution in [0.3, 0.4) is 0 Å². The summed E-state index contributed by atoms with van der Waals surface area (Å²) in [6, 6.07) is 22.1. The van der Waals surface area contributed by atoms with Crippen molar-refractivity contribution in [2.45, 2.75) is 39.3 Å². The van der Waals surface area contributed by atoms with E-state index in [-0.39, 0.29) is 18.1 Å². The van der Waals surface area contributed by atoms with Crippen molar-refractivity contribution in [2.24, 2.45) is 0 Å². The van der Waals surface area contributed by atoms with Crippen LogP contribution < -0.4 is 14.2 Å². The molecule has 0 atom stereocenters. The molecular formula is C30H34N2O4. The van der Waals surface area contributed by atoms with Crippen molar-refractivity contribution in [1.29, 1.82) is 0 Å². The minimum absolute atomic E-state index is 0.0779. The Labute approximate surface area is 213 Å². The Kier molecular flexibility index (Phi) is 6.88. The van der Waals surface area contributed by atoms with Crippen molar-refractivity contribution in [3.8, 4) is 17.2 Å². The summed E-state index contributed by atoms with van der Waals surface area (Å²) >= 11 is 0. The standard InChI is InChI=1S/C30H34N2O4/c1-30(2,3)25-8-10-26(11-9-25)34-20-23-5-4-6-24(17-23)29(33)32-15-13-31(14-16-32)19-22-7-12-27-28(18-22)36-21-35-27/h4-12,17-18H,13-16,19-21H2,1-3H3. The second-order valence-corrected chi connectivity index (χ2v) is 10.5. The molecule has 6 nitrogen and oxygen atoms in total. The van der Waals surface area contributed by atoms with Crippen molar-refractivity contribution in [2.75, 3.05) is 33.0 Å². The highest BCUT2D eigenvalue weighted by Gasteiger charge is 2.23. The third kappa shape index (κ3) is 5.65. The van der Waals surface area contributed by atoms with Crippen LogP contribution in [0.4, 0.5) is 0 Å². The number of hydrogen-bond donors (Lipinski definition) is 0. The molecule has 36 heavy (non-hydrogen) atoms. The van der Waals surface area contributed by atoms with E-state index in [2.05, 4.69) is 43.9 Å². The quantitative estimate of drug-likeness (QED) is 0.476. The molecule has 0 spiro atoms. The Hall–Kier alpha value is -3.51. The molecule has 188 valence electrons. The van der Waals surface area contributed by atoms with Gasteiger partial charge in [-0.25, -0.2) is 0 Å². The van der Waals surface area contributed by atoms with Crippen LogP contribution in [0.25, 0.3) is 0 Å². The predicted molar refractivity (Wildman–Crippen MR) is 140 cm³/mol. The Morgan fingerprint density at radius 3 is 2.36 bits per heavy atom. The van der Waals surface area contributed by atoms with E-state index in [1.807, 2.05) is 53.4 Å². The van der Waals surface area contributed by atoms with Crippen LogP contribution in [0.2, 0.25) is 0 Å². The lowest BCUT2D eigenvalue weighted by Gasteiger charge is -2.34. The summed E-state index contributed by atoms with van der Waals surface area (Å²) in [5.74, 6) is 2.53. The molecule has 0 aliphatic carbocycles. The first kappa shape index (κ1) is 24.2. The molecule has 0 bridgehead atoms. The zero-order valence-corrected chi connectivity index (χ0v) is 21.3. The van der Waals surface area contributed by atoms with Gasteiger partial charge in [0.1, 0.15) is 12.4 Å². The molecular weight excluding hydrogens is 452 g/mol. The zero-order chi connectivity index (χ0) is 25.1. The topological polar surface area (TPSA) is 51.2 Å². The van der Waals surface area contributed by atoms with Gasteiger partial charge in [0.2, 0.25) is 6.79 Å². The molecule has 1 fully saturated rings. The Bertz CT molecular complexity index is 1210. The normalized spacial score (nSPS) is 15.7. The number of carbonyl (C=O) groups excluding carboxylic acids is 1. The second-order valence-electron chi connectivity index (χ2n) is 10.5. The third-order valence-corrected chi connectivity index (χ3v) is 6.80. The van der Waals surface area contributed by atoms with Crippen LogP contribution in [-0.2, 0) is 18.6 Å². The molecule has 0 N–H and O–H groups in total. The van der Waals surface area contributed by atoms with Crippen LogP contribution in [0, 0.1) is 0 Å². The van der Waals surface area contributed by atoms with E-state index in [9.17, 15) is 4.79 Å². The first-order valence-electron chi connectivity index (χ1n) is 12.6. The molecule has 2 aliphatic heterocycles. The second kappa shape index (κ2) is 10.2. The van der Waals surface area contributed by atoms with E-state index < -0.39 is 0 Å². The third-order valence-electron chi connectivity index (χ3n) is 6.80. The molecule has 2 aliphatic rings. The molecule has 1 saturated heterocycles. The maximum Gasteiger partial charge on any atom is 0.253 e. The lowest BCUT2D eigenvalue weighted by molar-refractivity contribution is 0.0628. The summed E-state index contributed by atoms with van der Waals surface area (Å²) in [6.45, 7) is 11.3. The van der Waals surface area contributed by atoms with Gasteiger partial charge in [0.25, 0.3) is 5.91 Å². The van der Waals surface area contributed by atoms with Gasteiger partial charge < -0.3 is 19.1 Å². The van der Waals surface area contributed by atoms with Crippen molar-refractivity contribution in [3.05, 3.63) is 89.0 Å². The minimum atomic E-state index is 0.0779. The van der Waals surface area contributed by atoms with Gasteiger partial charge in [-0.3, -0.25) is 9.69 Å². The summed E-state index contributed by atoms with van der Waals surface area (Å²) in [4.78, 5) is 17.5. The Morgan fingerprint density at radius 2 is 1.61 bits per heavy atom. The molecule has 0 aromatic heterocycles. The highest BCUT2D eigenvalue weighted by atomic mass is 16.7. The average molecular weight is 487 g/mol. The van der Waals surface area contributed by atoms with E-state index >= 15 is 0 Å². The molecule has 6 heteroatoms. The molecule has 3 aromatic rings. The fourth-order valence-corrected chi connectivity index (χ4v) is 4.60. The molecule has 3 aromatic carbocycles. The number of carbonyl (C=O) groups is 1. The first-order chi connectivity index (χ1) is 17.3. The predicted octanol–water partition coefficient (Wildman–Crippen LogP) is 5.25. The lowest BCUT2D eigenvalue weighted by atomic mass is 9.87. The lowest BCUT2D eigenvalue weighted by Crippen LogP contribution is -2.48. The van der Waals surface area contributed by atoms with E-state index in [0.29, 0.717) is 25.3 Å².